The minimum Gasteiger partial charge on any atom is -0.497 e. The van der Waals surface area contributed by atoms with Gasteiger partial charge in [-0.2, -0.15) is 4.98 Å². The minimum absolute atomic E-state index is 0.120. The van der Waals surface area contributed by atoms with E-state index in [9.17, 15) is 4.79 Å². The van der Waals surface area contributed by atoms with Gasteiger partial charge < -0.3 is 19.3 Å². The molecule has 0 aliphatic carbocycles. The molecule has 7 nitrogen and oxygen atoms in total. The van der Waals surface area contributed by atoms with Gasteiger partial charge in [0, 0.05) is 5.56 Å². The first-order chi connectivity index (χ1) is 14.0. The Labute approximate surface area is 170 Å². The molecule has 0 saturated carbocycles. The van der Waals surface area contributed by atoms with Gasteiger partial charge in [0.25, 0.3) is 5.91 Å². The first-order valence-electron chi connectivity index (χ1n) is 9.48. The maximum absolute atomic E-state index is 12.4. The summed E-state index contributed by atoms with van der Waals surface area (Å²) in [6.07, 6.45) is -0.657. The second-order valence-corrected chi connectivity index (χ2v) is 6.91. The number of benzene rings is 2. The van der Waals surface area contributed by atoms with Crippen LogP contribution in [0.4, 0.5) is 0 Å². The number of carbonyl (C=O) groups is 1. The van der Waals surface area contributed by atoms with Gasteiger partial charge in [-0.25, -0.2) is 0 Å². The highest BCUT2D eigenvalue weighted by Gasteiger charge is 2.18. The molecule has 0 radical (unpaired) electrons. The Kier molecular flexibility index (Phi) is 6.49. The van der Waals surface area contributed by atoms with Crippen molar-refractivity contribution in [3.8, 4) is 22.9 Å². The highest BCUT2D eigenvalue weighted by Crippen LogP contribution is 2.26. The molecule has 3 rings (SSSR count). The first kappa shape index (κ1) is 20.4. The molecule has 0 aliphatic rings. The number of hydrogen-bond donors (Lipinski definition) is 1. The number of rotatable bonds is 8. The number of nitrogens with one attached hydrogen (secondary N) is 1. The average Bonchev–Trinajstić information content (AvgIpc) is 3.21. The van der Waals surface area contributed by atoms with Crippen LogP contribution in [0.15, 0.2) is 53.1 Å². The summed E-state index contributed by atoms with van der Waals surface area (Å²) >= 11 is 0. The predicted molar refractivity (Wildman–Crippen MR) is 109 cm³/mol. The standard InChI is InChI=1S/C22H25N3O4/c1-14(2)18-10-5-6-11-19(18)28-15(3)22(26)23-13-20-24-21(25-29-20)16-8-7-9-17(12-16)27-4/h5-12,14-15H,13H2,1-4H3,(H,23,26)/t15-/m1/s1. The van der Waals surface area contributed by atoms with E-state index >= 15 is 0 Å². The van der Waals surface area contributed by atoms with Crippen molar-refractivity contribution < 1.29 is 18.8 Å². The van der Waals surface area contributed by atoms with E-state index in [0.29, 0.717) is 29.1 Å². The molecule has 3 aromatic rings. The molecule has 1 heterocycles. The van der Waals surface area contributed by atoms with Gasteiger partial charge in [-0.05, 0) is 36.6 Å². The number of aromatic nitrogens is 2. The summed E-state index contributed by atoms with van der Waals surface area (Å²) in [7, 11) is 1.60. The number of nitrogens with zero attached hydrogens (tertiary/aromatic N) is 2. The van der Waals surface area contributed by atoms with E-state index in [1.807, 2.05) is 48.5 Å². The Balaban J connectivity index is 1.59. The Bertz CT molecular complexity index is 968. The van der Waals surface area contributed by atoms with Crippen LogP contribution >= 0.6 is 0 Å². The number of ether oxygens (including phenoxy) is 2. The van der Waals surface area contributed by atoms with E-state index < -0.39 is 6.10 Å². The quantitative estimate of drug-likeness (QED) is 0.621. The highest BCUT2D eigenvalue weighted by atomic mass is 16.5. The zero-order chi connectivity index (χ0) is 20.8. The molecule has 0 aliphatic heterocycles. The average molecular weight is 395 g/mol. The van der Waals surface area contributed by atoms with E-state index in [1.54, 1.807) is 14.0 Å². The number of hydrogen-bond acceptors (Lipinski definition) is 6. The summed E-state index contributed by atoms with van der Waals surface area (Å²) in [6, 6.07) is 15.1. The third-order valence-electron chi connectivity index (χ3n) is 4.42. The van der Waals surface area contributed by atoms with Crippen molar-refractivity contribution >= 4 is 5.91 Å². The fourth-order valence-corrected chi connectivity index (χ4v) is 2.82. The van der Waals surface area contributed by atoms with Crippen LogP contribution in [0, 0.1) is 0 Å². The van der Waals surface area contributed by atoms with E-state index in [2.05, 4.69) is 29.3 Å². The van der Waals surface area contributed by atoms with E-state index in [1.165, 1.54) is 0 Å². The second-order valence-electron chi connectivity index (χ2n) is 6.91. The van der Waals surface area contributed by atoms with Crippen LogP contribution in [0.2, 0.25) is 0 Å². The number of carbonyl (C=O) groups excluding carboxylic acids is 1. The van der Waals surface area contributed by atoms with Crippen LogP contribution in [0.1, 0.15) is 38.1 Å². The van der Waals surface area contributed by atoms with Gasteiger partial charge in [-0.3, -0.25) is 4.79 Å². The molecule has 152 valence electrons. The molecule has 2 aromatic carbocycles. The Hall–Kier alpha value is -3.35. The zero-order valence-corrected chi connectivity index (χ0v) is 17.0. The monoisotopic (exact) mass is 395 g/mol. The summed E-state index contributed by atoms with van der Waals surface area (Å²) < 4.78 is 16.3. The number of methoxy groups -OCH3 is 1. The maximum Gasteiger partial charge on any atom is 0.261 e. The van der Waals surface area contributed by atoms with Crippen molar-refractivity contribution in [3.63, 3.8) is 0 Å². The molecule has 0 spiro atoms. The lowest BCUT2D eigenvalue weighted by Crippen LogP contribution is -2.36. The van der Waals surface area contributed by atoms with Crippen molar-refractivity contribution in [1.29, 1.82) is 0 Å². The fourth-order valence-electron chi connectivity index (χ4n) is 2.82. The minimum atomic E-state index is -0.657. The van der Waals surface area contributed by atoms with Crippen molar-refractivity contribution in [3.05, 3.63) is 60.0 Å². The molecule has 1 amide bonds. The van der Waals surface area contributed by atoms with Gasteiger partial charge in [0.15, 0.2) is 6.10 Å². The summed E-state index contributed by atoms with van der Waals surface area (Å²) in [5.41, 5.74) is 1.83. The molecular formula is C22H25N3O4. The zero-order valence-electron chi connectivity index (χ0n) is 17.0. The highest BCUT2D eigenvalue weighted by molar-refractivity contribution is 5.80. The molecule has 0 fully saturated rings. The first-order valence-corrected chi connectivity index (χ1v) is 9.48. The molecule has 1 N–H and O–H groups in total. The van der Waals surface area contributed by atoms with E-state index in [0.717, 1.165) is 11.1 Å². The molecule has 1 aromatic heterocycles. The van der Waals surface area contributed by atoms with Crippen molar-refractivity contribution in [2.75, 3.05) is 7.11 Å². The molecule has 29 heavy (non-hydrogen) atoms. The lowest BCUT2D eigenvalue weighted by molar-refractivity contribution is -0.127. The van der Waals surface area contributed by atoms with Crippen LogP contribution in [0.25, 0.3) is 11.4 Å². The van der Waals surface area contributed by atoms with E-state index in [4.69, 9.17) is 14.0 Å². The van der Waals surface area contributed by atoms with Crippen molar-refractivity contribution in [2.45, 2.75) is 39.3 Å². The number of para-hydroxylation sites is 1. The van der Waals surface area contributed by atoms with Crippen LogP contribution in [-0.2, 0) is 11.3 Å². The predicted octanol–water partition coefficient (Wildman–Crippen LogP) is 3.95. The second kappa shape index (κ2) is 9.23. The third kappa shape index (κ3) is 5.13. The van der Waals surface area contributed by atoms with Crippen LogP contribution in [0.5, 0.6) is 11.5 Å². The molecule has 0 saturated heterocycles. The Morgan fingerprint density at radius 2 is 1.93 bits per heavy atom. The smallest absolute Gasteiger partial charge is 0.261 e. The van der Waals surface area contributed by atoms with Gasteiger partial charge in [-0.1, -0.05) is 49.3 Å². The van der Waals surface area contributed by atoms with Crippen LogP contribution in [-0.4, -0.2) is 29.3 Å². The summed E-state index contributed by atoms with van der Waals surface area (Å²) in [5, 5.41) is 6.73. The van der Waals surface area contributed by atoms with Crippen molar-refractivity contribution in [1.82, 2.24) is 15.5 Å². The van der Waals surface area contributed by atoms with Gasteiger partial charge in [0.2, 0.25) is 11.7 Å². The van der Waals surface area contributed by atoms with Gasteiger partial charge in [0.1, 0.15) is 11.5 Å². The SMILES string of the molecule is COc1cccc(-c2noc(CNC(=O)[C@@H](C)Oc3ccccc3C(C)C)n2)c1. The third-order valence-corrected chi connectivity index (χ3v) is 4.42. The fraction of sp³-hybridized carbons (Fsp3) is 0.318. The molecule has 0 bridgehead atoms. The summed E-state index contributed by atoms with van der Waals surface area (Å²) in [6.45, 7) is 6.00. The molecule has 7 heteroatoms. The molecule has 1 atom stereocenters. The van der Waals surface area contributed by atoms with Gasteiger partial charge in [0.05, 0.1) is 13.7 Å². The summed E-state index contributed by atoms with van der Waals surface area (Å²) in [4.78, 5) is 16.7. The lowest BCUT2D eigenvalue weighted by atomic mass is 10.0. The Morgan fingerprint density at radius 1 is 1.14 bits per heavy atom. The van der Waals surface area contributed by atoms with Crippen LogP contribution < -0.4 is 14.8 Å². The summed E-state index contributed by atoms with van der Waals surface area (Å²) in [5.74, 6) is 2.20. The van der Waals surface area contributed by atoms with Crippen molar-refractivity contribution in [2.24, 2.45) is 0 Å². The van der Waals surface area contributed by atoms with Crippen LogP contribution in [0.3, 0.4) is 0 Å². The molecular weight excluding hydrogens is 370 g/mol. The van der Waals surface area contributed by atoms with Gasteiger partial charge in [-0.15, -0.1) is 0 Å². The lowest BCUT2D eigenvalue weighted by Gasteiger charge is -2.18. The van der Waals surface area contributed by atoms with Gasteiger partial charge >= 0.3 is 0 Å². The van der Waals surface area contributed by atoms with E-state index in [-0.39, 0.29) is 12.5 Å². The largest absolute Gasteiger partial charge is 0.497 e. The maximum atomic E-state index is 12.4. The number of amides is 1. The Morgan fingerprint density at radius 3 is 2.69 bits per heavy atom. The topological polar surface area (TPSA) is 86.5 Å². The molecule has 0 unspecified atom stereocenters. The normalized spacial score (nSPS) is 11.9.